The van der Waals surface area contributed by atoms with E-state index in [0.717, 1.165) is 11.1 Å². The van der Waals surface area contributed by atoms with Gasteiger partial charge in [-0.1, -0.05) is 42.5 Å². The Bertz CT molecular complexity index is 750. The Labute approximate surface area is 165 Å². The third-order valence-corrected chi connectivity index (χ3v) is 4.54. The van der Waals surface area contributed by atoms with Crippen molar-refractivity contribution < 1.29 is 19.1 Å². The number of rotatable bonds is 10. The molecule has 0 bridgehead atoms. The van der Waals surface area contributed by atoms with Gasteiger partial charge < -0.3 is 15.3 Å². The van der Waals surface area contributed by atoms with Crippen LogP contribution in [0.5, 0.6) is 0 Å². The summed E-state index contributed by atoms with van der Waals surface area (Å²) in [6, 6.07) is 14.9. The van der Waals surface area contributed by atoms with Crippen molar-refractivity contribution in [1.82, 2.24) is 10.2 Å². The van der Waals surface area contributed by atoms with E-state index in [4.69, 9.17) is 5.11 Å². The topological polar surface area (TPSA) is 69.6 Å². The standard InChI is InChI=1S/C22H27FN2O3/c1-17(22(28)24-14-5-15-26)25(16-19-8-11-20(23)12-9-19)21(27)13-10-18-6-3-2-4-7-18/h2-4,6-9,11-12,17,26H,5,10,13-16H2,1H3,(H,24,28)/t17-/m0/s1. The number of aryl methyl sites for hydroxylation is 1. The van der Waals surface area contributed by atoms with Gasteiger partial charge in [0.15, 0.2) is 0 Å². The number of halogens is 1. The molecule has 0 spiro atoms. The summed E-state index contributed by atoms with van der Waals surface area (Å²) < 4.78 is 13.2. The zero-order valence-electron chi connectivity index (χ0n) is 16.1. The summed E-state index contributed by atoms with van der Waals surface area (Å²) in [7, 11) is 0. The molecule has 2 aromatic rings. The lowest BCUT2D eigenvalue weighted by molar-refractivity contribution is -0.140. The van der Waals surface area contributed by atoms with E-state index in [1.54, 1.807) is 19.1 Å². The van der Waals surface area contributed by atoms with E-state index in [1.165, 1.54) is 17.0 Å². The van der Waals surface area contributed by atoms with Crippen molar-refractivity contribution in [3.05, 3.63) is 71.5 Å². The van der Waals surface area contributed by atoms with Crippen LogP contribution in [-0.2, 0) is 22.6 Å². The summed E-state index contributed by atoms with van der Waals surface area (Å²) in [5, 5.41) is 11.6. The van der Waals surface area contributed by atoms with Gasteiger partial charge in [0.05, 0.1) is 0 Å². The third kappa shape index (κ3) is 6.78. The monoisotopic (exact) mass is 386 g/mol. The second-order valence-electron chi connectivity index (χ2n) is 6.68. The fourth-order valence-corrected chi connectivity index (χ4v) is 2.85. The van der Waals surface area contributed by atoms with Gasteiger partial charge in [-0.3, -0.25) is 9.59 Å². The smallest absolute Gasteiger partial charge is 0.242 e. The van der Waals surface area contributed by atoms with Crippen LogP contribution in [0.3, 0.4) is 0 Å². The maximum atomic E-state index is 13.2. The maximum absolute atomic E-state index is 13.2. The van der Waals surface area contributed by atoms with E-state index in [1.807, 2.05) is 30.3 Å². The van der Waals surface area contributed by atoms with E-state index in [0.29, 0.717) is 19.4 Å². The predicted octanol–water partition coefficient (Wildman–Crippen LogP) is 2.67. The second-order valence-corrected chi connectivity index (χ2v) is 6.68. The fraction of sp³-hybridized carbons (Fsp3) is 0.364. The van der Waals surface area contributed by atoms with E-state index in [2.05, 4.69) is 5.32 Å². The number of nitrogens with zero attached hydrogens (tertiary/aromatic N) is 1. The normalized spacial score (nSPS) is 11.7. The van der Waals surface area contributed by atoms with Crippen molar-refractivity contribution in [1.29, 1.82) is 0 Å². The Morgan fingerprint density at radius 1 is 1.07 bits per heavy atom. The molecule has 2 rings (SSSR count). The van der Waals surface area contributed by atoms with Gasteiger partial charge in [0.25, 0.3) is 0 Å². The highest BCUT2D eigenvalue weighted by molar-refractivity contribution is 5.87. The van der Waals surface area contributed by atoms with Crippen molar-refractivity contribution in [3.63, 3.8) is 0 Å². The number of carbonyl (C=O) groups is 2. The molecule has 0 saturated heterocycles. The number of aliphatic hydroxyl groups is 1. The lowest BCUT2D eigenvalue weighted by Gasteiger charge is -2.29. The number of benzene rings is 2. The van der Waals surface area contributed by atoms with E-state index in [9.17, 15) is 14.0 Å². The molecule has 0 aliphatic carbocycles. The van der Waals surface area contributed by atoms with E-state index < -0.39 is 6.04 Å². The van der Waals surface area contributed by atoms with Gasteiger partial charge in [-0.05, 0) is 43.0 Å². The molecule has 0 aliphatic rings. The lowest BCUT2D eigenvalue weighted by atomic mass is 10.1. The molecule has 5 nitrogen and oxygen atoms in total. The summed E-state index contributed by atoms with van der Waals surface area (Å²) in [4.78, 5) is 26.8. The first-order valence-electron chi connectivity index (χ1n) is 9.47. The Morgan fingerprint density at radius 3 is 2.39 bits per heavy atom. The minimum Gasteiger partial charge on any atom is -0.396 e. The summed E-state index contributed by atoms with van der Waals surface area (Å²) in [6.45, 7) is 2.24. The van der Waals surface area contributed by atoms with E-state index in [-0.39, 0.29) is 37.2 Å². The van der Waals surface area contributed by atoms with Crippen LogP contribution in [0.1, 0.15) is 30.9 Å². The highest BCUT2D eigenvalue weighted by Crippen LogP contribution is 2.13. The maximum Gasteiger partial charge on any atom is 0.242 e. The first kappa shape index (κ1) is 21.6. The Balaban J connectivity index is 2.08. The molecule has 0 fully saturated rings. The summed E-state index contributed by atoms with van der Waals surface area (Å²) >= 11 is 0. The van der Waals surface area contributed by atoms with Gasteiger partial charge in [0, 0.05) is 26.1 Å². The molecule has 2 amide bonds. The van der Waals surface area contributed by atoms with Crippen LogP contribution < -0.4 is 5.32 Å². The first-order chi connectivity index (χ1) is 13.5. The molecule has 0 heterocycles. The number of aliphatic hydroxyl groups excluding tert-OH is 1. The van der Waals surface area contributed by atoms with Crippen LogP contribution >= 0.6 is 0 Å². The molecule has 0 aromatic heterocycles. The van der Waals surface area contributed by atoms with Crippen LogP contribution in [0.15, 0.2) is 54.6 Å². The molecule has 0 radical (unpaired) electrons. The Hall–Kier alpha value is -2.73. The second kappa shape index (κ2) is 11.2. The van der Waals surface area contributed by atoms with Crippen LogP contribution in [-0.4, -0.2) is 41.0 Å². The van der Waals surface area contributed by atoms with Gasteiger partial charge in [-0.25, -0.2) is 4.39 Å². The highest BCUT2D eigenvalue weighted by Gasteiger charge is 2.25. The fourth-order valence-electron chi connectivity index (χ4n) is 2.85. The van der Waals surface area contributed by atoms with Crippen molar-refractivity contribution in [2.75, 3.05) is 13.2 Å². The van der Waals surface area contributed by atoms with Crippen molar-refractivity contribution in [2.45, 2.75) is 38.8 Å². The lowest BCUT2D eigenvalue weighted by Crippen LogP contribution is -2.48. The van der Waals surface area contributed by atoms with Crippen LogP contribution in [0.2, 0.25) is 0 Å². The Kier molecular flexibility index (Phi) is 8.62. The summed E-state index contributed by atoms with van der Waals surface area (Å²) in [5.74, 6) is -0.762. The van der Waals surface area contributed by atoms with Crippen LogP contribution in [0, 0.1) is 5.82 Å². The molecular formula is C22H27FN2O3. The van der Waals surface area contributed by atoms with Gasteiger partial charge >= 0.3 is 0 Å². The van der Waals surface area contributed by atoms with Gasteiger partial charge in [-0.15, -0.1) is 0 Å². The predicted molar refractivity (Wildman–Crippen MR) is 106 cm³/mol. The average molecular weight is 386 g/mol. The first-order valence-corrected chi connectivity index (χ1v) is 9.47. The molecule has 0 saturated carbocycles. The van der Waals surface area contributed by atoms with Crippen LogP contribution in [0.4, 0.5) is 4.39 Å². The molecule has 2 aromatic carbocycles. The van der Waals surface area contributed by atoms with Crippen molar-refractivity contribution in [2.24, 2.45) is 0 Å². The van der Waals surface area contributed by atoms with Crippen molar-refractivity contribution in [3.8, 4) is 0 Å². The summed E-state index contributed by atoms with van der Waals surface area (Å²) in [5.41, 5.74) is 1.81. The molecular weight excluding hydrogens is 359 g/mol. The molecule has 2 N–H and O–H groups in total. The van der Waals surface area contributed by atoms with Gasteiger partial charge in [0.1, 0.15) is 11.9 Å². The van der Waals surface area contributed by atoms with Crippen molar-refractivity contribution >= 4 is 11.8 Å². The minimum absolute atomic E-state index is 0.00996. The molecule has 0 aliphatic heterocycles. The molecule has 0 unspecified atom stereocenters. The van der Waals surface area contributed by atoms with Crippen LogP contribution in [0.25, 0.3) is 0 Å². The number of amides is 2. The minimum atomic E-state index is -0.674. The number of hydrogen-bond acceptors (Lipinski definition) is 3. The number of nitrogens with one attached hydrogen (secondary N) is 1. The Morgan fingerprint density at radius 2 is 1.75 bits per heavy atom. The largest absolute Gasteiger partial charge is 0.396 e. The molecule has 28 heavy (non-hydrogen) atoms. The average Bonchev–Trinajstić information content (AvgIpc) is 2.72. The highest BCUT2D eigenvalue weighted by atomic mass is 19.1. The number of hydrogen-bond donors (Lipinski definition) is 2. The van der Waals surface area contributed by atoms with E-state index >= 15 is 0 Å². The molecule has 1 atom stereocenters. The molecule has 6 heteroatoms. The third-order valence-electron chi connectivity index (χ3n) is 4.54. The SMILES string of the molecule is C[C@@H](C(=O)NCCCO)N(Cc1ccc(F)cc1)C(=O)CCc1ccccc1. The number of carbonyl (C=O) groups excluding carboxylic acids is 2. The summed E-state index contributed by atoms with van der Waals surface area (Å²) in [6.07, 6.45) is 1.32. The molecule has 150 valence electrons. The zero-order chi connectivity index (χ0) is 20.4. The quantitative estimate of drug-likeness (QED) is 0.617. The van der Waals surface area contributed by atoms with Gasteiger partial charge in [0.2, 0.25) is 11.8 Å². The zero-order valence-corrected chi connectivity index (χ0v) is 16.1. The van der Waals surface area contributed by atoms with Gasteiger partial charge in [-0.2, -0.15) is 0 Å².